The van der Waals surface area contributed by atoms with Gasteiger partial charge < -0.3 is 9.72 Å². The predicted octanol–water partition coefficient (Wildman–Crippen LogP) is 3.27. The van der Waals surface area contributed by atoms with Crippen LogP contribution in [0.1, 0.15) is 12.5 Å². The second-order valence-corrected chi connectivity index (χ2v) is 8.35. The van der Waals surface area contributed by atoms with Crippen LogP contribution in [0, 0.1) is 6.92 Å². The van der Waals surface area contributed by atoms with E-state index < -0.39 is 30.4 Å². The third kappa shape index (κ3) is 4.00. The molecule has 9 nitrogen and oxygen atoms in total. The van der Waals surface area contributed by atoms with Gasteiger partial charge in [-0.05, 0) is 37.6 Å². The number of imidazole rings is 2. The van der Waals surface area contributed by atoms with Crippen LogP contribution in [-0.2, 0) is 11.3 Å². The minimum absolute atomic E-state index is 0.214. The topological polar surface area (TPSA) is 99.1 Å². The molecule has 0 aliphatic rings. The molecule has 5 aromatic rings. The molecule has 0 saturated heterocycles. The first-order valence-electron chi connectivity index (χ1n) is 11.0. The van der Waals surface area contributed by atoms with Crippen molar-refractivity contribution in [3.05, 3.63) is 77.5 Å². The van der Waals surface area contributed by atoms with Crippen molar-refractivity contribution in [3.63, 3.8) is 0 Å². The summed E-state index contributed by atoms with van der Waals surface area (Å²) in [5.41, 5.74) is 3.19. The lowest BCUT2D eigenvalue weighted by molar-refractivity contribution is -0.158. The molecule has 0 fully saturated rings. The van der Waals surface area contributed by atoms with E-state index in [0.717, 1.165) is 28.1 Å². The molecule has 0 saturated carbocycles. The van der Waals surface area contributed by atoms with Crippen LogP contribution in [0.2, 0.25) is 0 Å². The number of aryl methyl sites for hydroxylation is 1. The molecule has 184 valence electrons. The highest BCUT2D eigenvalue weighted by molar-refractivity contribution is 5.84. The Labute approximate surface area is 201 Å². The van der Waals surface area contributed by atoms with Gasteiger partial charge in [-0.3, -0.25) is 14.3 Å². The number of hydrogen-bond acceptors (Lipinski definition) is 5. The van der Waals surface area contributed by atoms with Gasteiger partial charge in [0, 0.05) is 11.8 Å². The number of pyridine rings is 1. The third-order valence-corrected chi connectivity index (χ3v) is 5.92. The lowest BCUT2D eigenvalue weighted by Crippen LogP contribution is -2.45. The summed E-state index contributed by atoms with van der Waals surface area (Å²) in [7, 11) is 0. The van der Waals surface area contributed by atoms with Gasteiger partial charge in [0.05, 0.1) is 47.2 Å². The SMILES string of the molecule is Cc1cccc2c1n(-c1cnc(-c3cccn4cncc34)cn1)c(=O)n2CC(=O)NC(C)C(F)(F)F. The predicted molar refractivity (Wildman–Crippen MR) is 126 cm³/mol. The molecule has 12 heteroatoms. The minimum atomic E-state index is -4.59. The summed E-state index contributed by atoms with van der Waals surface area (Å²) in [5, 5.41) is 1.89. The van der Waals surface area contributed by atoms with Gasteiger partial charge in [0.25, 0.3) is 0 Å². The normalized spacial score (nSPS) is 12.8. The zero-order valence-electron chi connectivity index (χ0n) is 19.2. The van der Waals surface area contributed by atoms with Crippen LogP contribution in [0.15, 0.2) is 66.2 Å². The van der Waals surface area contributed by atoms with Crippen LogP contribution in [0.3, 0.4) is 0 Å². The molecule has 1 aromatic carbocycles. The molecule has 0 aliphatic heterocycles. The monoisotopic (exact) mass is 495 g/mol. The molecule has 0 radical (unpaired) electrons. The zero-order chi connectivity index (χ0) is 25.6. The van der Waals surface area contributed by atoms with Gasteiger partial charge >= 0.3 is 11.9 Å². The van der Waals surface area contributed by atoms with Crippen LogP contribution >= 0.6 is 0 Å². The highest BCUT2D eigenvalue weighted by atomic mass is 19.4. The number of rotatable bonds is 5. The average Bonchev–Trinajstić information content (AvgIpc) is 3.42. The van der Waals surface area contributed by atoms with Gasteiger partial charge in [-0.2, -0.15) is 13.2 Å². The molecule has 4 aromatic heterocycles. The molecule has 5 rings (SSSR count). The van der Waals surface area contributed by atoms with Crippen molar-refractivity contribution >= 4 is 22.5 Å². The quantitative estimate of drug-likeness (QED) is 0.404. The van der Waals surface area contributed by atoms with Gasteiger partial charge in [-0.1, -0.05) is 12.1 Å². The zero-order valence-corrected chi connectivity index (χ0v) is 19.2. The number of nitrogens with one attached hydrogen (secondary N) is 1. The number of fused-ring (bicyclic) bond motifs is 2. The van der Waals surface area contributed by atoms with Crippen molar-refractivity contribution in [3.8, 4) is 17.1 Å². The summed E-state index contributed by atoms with van der Waals surface area (Å²) in [5.74, 6) is -0.718. The molecular weight excluding hydrogens is 475 g/mol. The van der Waals surface area contributed by atoms with E-state index in [0.29, 0.717) is 16.7 Å². The van der Waals surface area contributed by atoms with Crippen LogP contribution in [0.5, 0.6) is 0 Å². The van der Waals surface area contributed by atoms with Crippen LogP contribution < -0.4 is 11.0 Å². The highest BCUT2D eigenvalue weighted by Gasteiger charge is 2.37. The Balaban J connectivity index is 1.55. The number of carbonyl (C=O) groups is 1. The fraction of sp³-hybridized carbons (Fsp3) is 0.208. The van der Waals surface area contributed by atoms with E-state index >= 15 is 0 Å². The van der Waals surface area contributed by atoms with E-state index in [9.17, 15) is 22.8 Å². The molecular formula is C24H20F3N7O2. The number of nitrogens with zero attached hydrogens (tertiary/aromatic N) is 6. The fourth-order valence-corrected chi connectivity index (χ4v) is 4.09. The number of aromatic nitrogens is 6. The Kier molecular flexibility index (Phi) is 5.58. The number of alkyl halides is 3. The maximum atomic E-state index is 13.4. The number of carbonyl (C=O) groups excluding carboxylic acids is 1. The fourth-order valence-electron chi connectivity index (χ4n) is 4.09. The van der Waals surface area contributed by atoms with Gasteiger partial charge in [-0.25, -0.2) is 19.3 Å². The third-order valence-electron chi connectivity index (χ3n) is 5.92. The first-order chi connectivity index (χ1) is 17.1. The van der Waals surface area contributed by atoms with E-state index in [1.807, 2.05) is 28.0 Å². The second-order valence-electron chi connectivity index (χ2n) is 8.35. The molecule has 0 aliphatic carbocycles. The van der Waals surface area contributed by atoms with Crippen molar-refractivity contribution in [2.24, 2.45) is 0 Å². The van der Waals surface area contributed by atoms with Crippen molar-refractivity contribution in [1.29, 1.82) is 0 Å². The van der Waals surface area contributed by atoms with Crippen molar-refractivity contribution in [1.82, 2.24) is 33.8 Å². The Morgan fingerprint density at radius 1 is 1.08 bits per heavy atom. The summed E-state index contributed by atoms with van der Waals surface area (Å²) >= 11 is 0. The van der Waals surface area contributed by atoms with E-state index in [2.05, 4.69) is 15.0 Å². The number of benzene rings is 1. The van der Waals surface area contributed by atoms with E-state index in [-0.39, 0.29) is 5.82 Å². The molecule has 0 spiro atoms. The van der Waals surface area contributed by atoms with Gasteiger partial charge in [0.15, 0.2) is 5.82 Å². The summed E-state index contributed by atoms with van der Waals surface area (Å²) in [4.78, 5) is 38.8. The number of para-hydroxylation sites is 1. The molecule has 0 bridgehead atoms. The maximum Gasteiger partial charge on any atom is 0.408 e. The Morgan fingerprint density at radius 2 is 1.89 bits per heavy atom. The largest absolute Gasteiger partial charge is 0.408 e. The molecule has 36 heavy (non-hydrogen) atoms. The lowest BCUT2D eigenvalue weighted by atomic mass is 10.2. The molecule has 1 atom stereocenters. The molecule has 1 N–H and O–H groups in total. The Morgan fingerprint density at radius 3 is 2.61 bits per heavy atom. The summed E-state index contributed by atoms with van der Waals surface area (Å²) < 4.78 is 42.9. The standard InChI is InChI=1S/C24H20F3N7O2/c1-14-5-3-7-18-22(14)34(23(36)33(18)12-21(35)31-15(2)24(25,26)27)20-11-29-17(9-30-20)16-6-4-8-32-13-28-10-19(16)32/h3-11,13,15H,12H2,1-2H3,(H,31,35). The summed E-state index contributed by atoms with van der Waals surface area (Å²) in [6, 6.07) is 6.80. The van der Waals surface area contributed by atoms with Gasteiger partial charge in [0.1, 0.15) is 12.6 Å². The summed E-state index contributed by atoms with van der Waals surface area (Å²) in [6.45, 7) is 2.05. The Bertz CT molecular complexity index is 1650. The molecule has 1 unspecified atom stereocenters. The molecule has 1 amide bonds. The van der Waals surface area contributed by atoms with E-state index in [4.69, 9.17) is 0 Å². The van der Waals surface area contributed by atoms with Crippen LogP contribution in [0.25, 0.3) is 33.6 Å². The minimum Gasteiger partial charge on any atom is -0.343 e. The van der Waals surface area contributed by atoms with E-state index in [1.165, 1.54) is 17.0 Å². The van der Waals surface area contributed by atoms with Crippen LogP contribution in [0.4, 0.5) is 13.2 Å². The van der Waals surface area contributed by atoms with E-state index in [1.54, 1.807) is 37.6 Å². The van der Waals surface area contributed by atoms with Gasteiger partial charge in [0.2, 0.25) is 5.91 Å². The maximum absolute atomic E-state index is 13.4. The lowest BCUT2D eigenvalue weighted by Gasteiger charge is -2.17. The number of amides is 1. The summed E-state index contributed by atoms with van der Waals surface area (Å²) in [6.07, 6.45) is 3.61. The highest BCUT2D eigenvalue weighted by Crippen LogP contribution is 2.24. The molecule has 4 heterocycles. The second kappa shape index (κ2) is 8.63. The van der Waals surface area contributed by atoms with Gasteiger partial charge in [-0.15, -0.1) is 0 Å². The van der Waals surface area contributed by atoms with Crippen molar-refractivity contribution in [2.45, 2.75) is 32.6 Å². The van der Waals surface area contributed by atoms with Crippen LogP contribution in [-0.4, -0.2) is 46.6 Å². The number of halogens is 3. The first kappa shape index (κ1) is 23.3. The number of hydrogen-bond donors (Lipinski definition) is 1. The first-order valence-corrected chi connectivity index (χ1v) is 11.0. The van der Waals surface area contributed by atoms with Crippen molar-refractivity contribution < 1.29 is 18.0 Å². The smallest absolute Gasteiger partial charge is 0.343 e. The Hall–Kier alpha value is -4.48. The van der Waals surface area contributed by atoms with Crippen molar-refractivity contribution in [2.75, 3.05) is 0 Å². The average molecular weight is 495 g/mol.